The molecule has 8 rings (SSSR count). The molecule has 11 nitrogen and oxygen atoms in total. The van der Waals surface area contributed by atoms with E-state index in [1.807, 2.05) is 37.1 Å². The number of hydrogen-bond donors (Lipinski definition) is 0. The maximum atomic E-state index is 13.2. The minimum Gasteiger partial charge on any atom is -0.476 e. The fraction of sp³-hybridized carbons (Fsp3) is 0.639. The molecule has 0 radical (unpaired) electrons. The van der Waals surface area contributed by atoms with Crippen LogP contribution < -0.4 is 9.64 Å². The van der Waals surface area contributed by atoms with Crippen molar-refractivity contribution in [3.05, 3.63) is 38.7 Å². The highest BCUT2D eigenvalue weighted by Gasteiger charge is 2.55. The van der Waals surface area contributed by atoms with Gasteiger partial charge < -0.3 is 23.8 Å². The molecule has 1 saturated carbocycles. The van der Waals surface area contributed by atoms with Gasteiger partial charge in [-0.2, -0.15) is 10.2 Å². The average Bonchev–Trinajstić information content (AvgIpc) is 3.39. The molecular weight excluding hydrogens is 627 g/mol. The zero-order valence-corrected chi connectivity index (χ0v) is 29.3. The van der Waals surface area contributed by atoms with Crippen molar-refractivity contribution in [3.8, 4) is 23.5 Å². The third kappa shape index (κ3) is 5.43. The van der Waals surface area contributed by atoms with E-state index in [0.717, 1.165) is 87.0 Å². The first-order valence-corrected chi connectivity index (χ1v) is 18.5. The van der Waals surface area contributed by atoms with Crippen LogP contribution in [0.4, 0.5) is 10.6 Å². The van der Waals surface area contributed by atoms with Crippen molar-refractivity contribution in [1.29, 1.82) is 5.26 Å². The zero-order valence-electron chi connectivity index (χ0n) is 28.5. The van der Waals surface area contributed by atoms with Gasteiger partial charge in [0, 0.05) is 53.0 Å². The fourth-order valence-electron chi connectivity index (χ4n) is 8.60. The number of anilines is 1. The van der Waals surface area contributed by atoms with Gasteiger partial charge in [-0.1, -0.05) is 5.16 Å². The van der Waals surface area contributed by atoms with Crippen molar-refractivity contribution < 1.29 is 18.8 Å². The van der Waals surface area contributed by atoms with Crippen molar-refractivity contribution in [2.75, 3.05) is 44.7 Å². The lowest BCUT2D eigenvalue weighted by atomic mass is 9.63. The Morgan fingerprint density at radius 1 is 1.12 bits per heavy atom. The first-order valence-electron chi connectivity index (χ1n) is 17.6. The number of piperazine rings is 1. The van der Waals surface area contributed by atoms with E-state index in [1.165, 1.54) is 16.9 Å². The minimum absolute atomic E-state index is 0.244. The van der Waals surface area contributed by atoms with Crippen LogP contribution in [0, 0.1) is 11.3 Å². The lowest BCUT2D eigenvalue weighted by Gasteiger charge is -2.42. The molecule has 2 saturated heterocycles. The number of fused-ring (bicyclic) bond motifs is 4. The summed E-state index contributed by atoms with van der Waals surface area (Å²) in [4.78, 5) is 31.1. The summed E-state index contributed by atoms with van der Waals surface area (Å²) >= 11 is 1.70. The standard InChI is InChI=1S/C36H45N7O4S/c1-34(2,3)46-33(44)43-17-16-42(22-35(43)13-14-35)27-18-28(45-20-24-8-7-15-41(24)4)39-32(38-27)30-25-9-5-11-36(31(25)40-47-30)12-6-10-26-29(36)23(19-37)21-48-26/h18,21,24H,5-17,20,22H2,1-4H3/t24-,36-/m0/s1. The number of nitrogens with zero attached hydrogens (tertiary/aromatic N) is 7. The summed E-state index contributed by atoms with van der Waals surface area (Å²) in [5, 5.41) is 16.8. The van der Waals surface area contributed by atoms with Gasteiger partial charge in [0.05, 0.1) is 16.8 Å². The number of likely N-dealkylation sites (tertiary alicyclic amines) is 1. The Hall–Kier alpha value is -3.69. The van der Waals surface area contributed by atoms with E-state index in [9.17, 15) is 10.1 Å². The Balaban J connectivity index is 1.14. The molecule has 2 spiro atoms. The Bertz CT molecular complexity index is 1760. The van der Waals surface area contributed by atoms with E-state index in [0.29, 0.717) is 49.7 Å². The number of carbonyl (C=O) groups is 1. The van der Waals surface area contributed by atoms with Crippen LogP contribution in [0.3, 0.4) is 0 Å². The second-order valence-electron chi connectivity index (χ2n) is 15.4. The summed E-state index contributed by atoms with van der Waals surface area (Å²) in [6.07, 6.45) is 9.69. The van der Waals surface area contributed by atoms with Crippen LogP contribution in [0.2, 0.25) is 0 Å². The van der Waals surface area contributed by atoms with Gasteiger partial charge in [-0.15, -0.1) is 11.3 Å². The van der Waals surface area contributed by atoms with E-state index >= 15 is 0 Å². The highest BCUT2D eigenvalue weighted by atomic mass is 32.1. The quantitative estimate of drug-likeness (QED) is 0.315. The van der Waals surface area contributed by atoms with E-state index in [1.54, 1.807) is 11.3 Å². The minimum atomic E-state index is -0.543. The summed E-state index contributed by atoms with van der Waals surface area (Å²) in [5.41, 5.74) is 2.83. The molecule has 0 unspecified atom stereocenters. The van der Waals surface area contributed by atoms with Gasteiger partial charge in [-0.05, 0) is 104 Å². The van der Waals surface area contributed by atoms with Gasteiger partial charge in [0.1, 0.15) is 24.1 Å². The van der Waals surface area contributed by atoms with Crippen LogP contribution >= 0.6 is 11.3 Å². The van der Waals surface area contributed by atoms with Crippen molar-refractivity contribution in [3.63, 3.8) is 0 Å². The zero-order chi connectivity index (χ0) is 33.3. The molecule has 2 aliphatic heterocycles. The number of aryl methyl sites for hydroxylation is 1. The summed E-state index contributed by atoms with van der Waals surface area (Å²) in [7, 11) is 2.15. The number of rotatable bonds is 5. The van der Waals surface area contributed by atoms with E-state index in [-0.39, 0.29) is 17.0 Å². The number of carbonyl (C=O) groups excluding carboxylic acids is 1. The summed E-state index contributed by atoms with van der Waals surface area (Å²) in [5.74, 6) is 2.37. The highest BCUT2D eigenvalue weighted by molar-refractivity contribution is 7.10. The van der Waals surface area contributed by atoms with Crippen LogP contribution in [0.1, 0.15) is 99.4 Å². The third-order valence-corrected chi connectivity index (χ3v) is 12.2. The highest BCUT2D eigenvalue weighted by Crippen LogP contribution is 2.53. The summed E-state index contributed by atoms with van der Waals surface area (Å²) in [6.45, 7) is 9.21. The third-order valence-electron chi connectivity index (χ3n) is 11.1. The number of amides is 1. The predicted molar refractivity (Wildman–Crippen MR) is 181 cm³/mol. The molecule has 3 aliphatic carbocycles. The molecule has 5 aliphatic rings. The van der Waals surface area contributed by atoms with Crippen LogP contribution in [0.15, 0.2) is 16.0 Å². The molecule has 3 fully saturated rings. The Morgan fingerprint density at radius 3 is 2.67 bits per heavy atom. The summed E-state index contributed by atoms with van der Waals surface area (Å²) in [6, 6.07) is 4.76. The number of thiophene rings is 1. The van der Waals surface area contributed by atoms with Crippen molar-refractivity contribution >= 4 is 23.2 Å². The SMILES string of the molecule is CN1CCC[C@H]1COc1cc(N2CCN(C(=O)OC(C)(C)C)C3(CC3)C2)nc(-c2onc3c2CCC[C@@]32CCCc3scc(C#N)c32)n1. The number of likely N-dealkylation sites (N-methyl/N-ethyl adjacent to an activating group) is 1. The first-order chi connectivity index (χ1) is 23.1. The Morgan fingerprint density at radius 2 is 1.94 bits per heavy atom. The molecule has 254 valence electrons. The van der Waals surface area contributed by atoms with Crippen LogP contribution in [0.5, 0.6) is 5.88 Å². The largest absolute Gasteiger partial charge is 0.476 e. The number of aromatic nitrogens is 3. The molecule has 0 N–H and O–H groups in total. The van der Waals surface area contributed by atoms with Crippen molar-refractivity contribution in [2.45, 2.75) is 108 Å². The first kappa shape index (κ1) is 31.6. The molecule has 48 heavy (non-hydrogen) atoms. The molecule has 0 aromatic carbocycles. The van der Waals surface area contributed by atoms with Crippen molar-refractivity contribution in [1.82, 2.24) is 24.9 Å². The van der Waals surface area contributed by atoms with Crippen LogP contribution in [-0.4, -0.2) is 88.0 Å². The normalized spacial score (nSPS) is 24.8. The maximum Gasteiger partial charge on any atom is 0.410 e. The monoisotopic (exact) mass is 671 g/mol. The van der Waals surface area contributed by atoms with Gasteiger partial charge >= 0.3 is 6.09 Å². The fourth-order valence-corrected chi connectivity index (χ4v) is 9.71. The molecular formula is C36H45N7O4S. The van der Waals surface area contributed by atoms with E-state index in [4.69, 9.17) is 29.1 Å². The Kier molecular flexibility index (Phi) is 7.71. The molecule has 12 heteroatoms. The topological polar surface area (TPSA) is 121 Å². The molecule has 1 amide bonds. The lowest BCUT2D eigenvalue weighted by Crippen LogP contribution is -2.58. The predicted octanol–water partition coefficient (Wildman–Crippen LogP) is 6.09. The molecule has 0 bridgehead atoms. The Labute approximate surface area is 286 Å². The molecule has 3 aromatic heterocycles. The van der Waals surface area contributed by atoms with Crippen LogP contribution in [-0.2, 0) is 23.0 Å². The molecule has 2 atom stereocenters. The van der Waals surface area contributed by atoms with E-state index in [2.05, 4.69) is 22.9 Å². The van der Waals surface area contributed by atoms with Crippen LogP contribution in [0.25, 0.3) is 11.6 Å². The van der Waals surface area contributed by atoms with E-state index < -0.39 is 5.60 Å². The number of ether oxygens (including phenoxy) is 2. The van der Waals surface area contributed by atoms with Gasteiger partial charge in [0.25, 0.3) is 0 Å². The van der Waals surface area contributed by atoms with Gasteiger partial charge in [0.15, 0.2) is 0 Å². The van der Waals surface area contributed by atoms with Gasteiger partial charge in [0.2, 0.25) is 17.5 Å². The summed E-state index contributed by atoms with van der Waals surface area (Å²) < 4.78 is 18.4. The van der Waals surface area contributed by atoms with Gasteiger partial charge in [-0.3, -0.25) is 4.90 Å². The maximum absolute atomic E-state index is 13.2. The number of hydrogen-bond acceptors (Lipinski definition) is 11. The average molecular weight is 672 g/mol. The second kappa shape index (κ2) is 11.7. The number of nitriles is 1. The second-order valence-corrected chi connectivity index (χ2v) is 16.4. The van der Waals surface area contributed by atoms with Gasteiger partial charge in [-0.25, -0.2) is 9.78 Å². The molecule has 5 heterocycles. The smallest absolute Gasteiger partial charge is 0.410 e. The molecule has 3 aromatic rings. The van der Waals surface area contributed by atoms with Crippen molar-refractivity contribution in [2.24, 2.45) is 0 Å². The lowest BCUT2D eigenvalue weighted by molar-refractivity contribution is 0.0106.